The highest BCUT2D eigenvalue weighted by Gasteiger charge is 2.33. The van der Waals surface area contributed by atoms with Gasteiger partial charge in [-0.3, -0.25) is 40.2 Å². The van der Waals surface area contributed by atoms with Crippen molar-refractivity contribution in [3.8, 4) is 0 Å². The third-order valence-corrected chi connectivity index (χ3v) is 5.54. The summed E-state index contributed by atoms with van der Waals surface area (Å²) in [6.45, 7) is -0.389. The van der Waals surface area contributed by atoms with Crippen LogP contribution in [-0.2, 0) is 9.59 Å². The molecule has 3 rings (SSSR count). The molecule has 0 spiro atoms. The van der Waals surface area contributed by atoms with Crippen molar-refractivity contribution in [2.45, 2.75) is 0 Å². The Hall–Kier alpha value is -3.83. The molecule has 162 valence electrons. The summed E-state index contributed by atoms with van der Waals surface area (Å²) in [5, 5.41) is 10.8. The number of carbonyl (C=O) groups excluding carboxylic acids is 3. The molecule has 2 aromatic rings. The van der Waals surface area contributed by atoms with Gasteiger partial charge in [-0.25, -0.2) is 0 Å². The van der Waals surface area contributed by atoms with Crippen LogP contribution < -0.4 is 10.9 Å². The van der Waals surface area contributed by atoms with Crippen LogP contribution in [0.2, 0.25) is 0 Å². The second-order valence-electron chi connectivity index (χ2n) is 6.37. The molecule has 0 saturated carbocycles. The average Bonchev–Trinajstić information content (AvgIpc) is 3.05. The van der Waals surface area contributed by atoms with Gasteiger partial charge in [-0.2, -0.15) is 0 Å². The molecule has 9 nitrogen and oxygen atoms in total. The van der Waals surface area contributed by atoms with Gasteiger partial charge < -0.3 is 0 Å². The van der Waals surface area contributed by atoms with E-state index in [0.29, 0.717) is 4.91 Å². The lowest BCUT2D eigenvalue weighted by Gasteiger charge is -2.14. The lowest BCUT2D eigenvalue weighted by Crippen LogP contribution is -2.47. The third kappa shape index (κ3) is 5.86. The number of non-ortho nitro benzene ring substituents is 1. The number of rotatable bonds is 6. The van der Waals surface area contributed by atoms with Crippen molar-refractivity contribution in [1.82, 2.24) is 15.8 Å². The number of amides is 3. The first-order valence-corrected chi connectivity index (χ1v) is 10.4. The molecule has 2 N–H and O–H groups in total. The summed E-state index contributed by atoms with van der Waals surface area (Å²) in [5.74, 6) is -1.84. The fraction of sp³-hybridized carbons (Fsp3) is 0.0476. The van der Waals surface area contributed by atoms with Gasteiger partial charge in [0.2, 0.25) is 0 Å². The van der Waals surface area contributed by atoms with Crippen LogP contribution >= 0.6 is 24.0 Å². The summed E-state index contributed by atoms with van der Waals surface area (Å²) in [4.78, 5) is 48.5. The molecule has 32 heavy (non-hydrogen) atoms. The molecule has 0 atom stereocenters. The SMILES string of the molecule is O=C(CN1C(=O)C(=CC=Cc2ccccc2)SC1=S)NNC(=O)c1cccc([N+](=O)[O-])c1. The quantitative estimate of drug-likeness (QED) is 0.289. The van der Waals surface area contributed by atoms with Crippen LogP contribution in [0.15, 0.2) is 71.7 Å². The predicted molar refractivity (Wildman–Crippen MR) is 124 cm³/mol. The largest absolute Gasteiger partial charge is 0.283 e. The third-order valence-electron chi connectivity index (χ3n) is 4.15. The zero-order valence-corrected chi connectivity index (χ0v) is 18.0. The van der Waals surface area contributed by atoms with E-state index in [4.69, 9.17) is 12.2 Å². The number of carbonyl (C=O) groups is 3. The van der Waals surface area contributed by atoms with Crippen molar-refractivity contribution in [2.75, 3.05) is 6.54 Å². The van der Waals surface area contributed by atoms with Crippen LogP contribution in [0.1, 0.15) is 15.9 Å². The van der Waals surface area contributed by atoms with Gasteiger partial charge in [0, 0.05) is 17.7 Å². The molecule has 1 aliphatic rings. The van der Waals surface area contributed by atoms with E-state index in [1.165, 1.54) is 18.2 Å². The highest BCUT2D eigenvalue weighted by atomic mass is 32.2. The number of allylic oxidation sites excluding steroid dienone is 2. The van der Waals surface area contributed by atoms with E-state index < -0.39 is 22.6 Å². The number of hydrogen-bond acceptors (Lipinski definition) is 7. The number of hydrogen-bond donors (Lipinski definition) is 2. The first-order valence-electron chi connectivity index (χ1n) is 9.16. The number of nitrogens with zero attached hydrogens (tertiary/aromatic N) is 2. The minimum atomic E-state index is -0.738. The van der Waals surface area contributed by atoms with E-state index in [1.54, 1.807) is 12.2 Å². The molecule has 1 heterocycles. The molecule has 0 aromatic heterocycles. The molecule has 0 bridgehead atoms. The average molecular weight is 469 g/mol. The lowest BCUT2D eigenvalue weighted by atomic mass is 10.2. The second-order valence-corrected chi connectivity index (χ2v) is 8.05. The van der Waals surface area contributed by atoms with E-state index in [-0.39, 0.29) is 22.1 Å². The maximum atomic E-state index is 12.5. The second kappa shape index (κ2) is 10.5. The minimum absolute atomic E-state index is 0.00162. The first kappa shape index (κ1) is 22.8. The molecule has 3 amide bonds. The Morgan fingerprint density at radius 2 is 1.88 bits per heavy atom. The molecular formula is C21H16N4O5S2. The smallest absolute Gasteiger partial charge is 0.270 e. The summed E-state index contributed by atoms with van der Waals surface area (Å²) < 4.78 is 0.217. The van der Waals surface area contributed by atoms with Gasteiger partial charge in [0.25, 0.3) is 23.4 Å². The number of nitro benzene ring substituents is 1. The highest BCUT2D eigenvalue weighted by Crippen LogP contribution is 2.30. The van der Waals surface area contributed by atoms with Crippen molar-refractivity contribution in [3.63, 3.8) is 0 Å². The monoisotopic (exact) mass is 468 g/mol. The van der Waals surface area contributed by atoms with Crippen molar-refractivity contribution >= 4 is 57.8 Å². The fourth-order valence-electron chi connectivity index (χ4n) is 2.60. The molecule has 0 unspecified atom stereocenters. The van der Waals surface area contributed by atoms with Crippen LogP contribution in [0.25, 0.3) is 6.08 Å². The standard InChI is InChI=1S/C21H16N4O5S2/c26-18(22-23-19(27)15-9-5-10-16(12-15)25(29)30)13-24-20(28)17(32-21(24)31)11-4-8-14-6-2-1-3-7-14/h1-12H,13H2,(H,22,26)(H,23,27). The Morgan fingerprint density at radius 3 is 2.59 bits per heavy atom. The van der Waals surface area contributed by atoms with Crippen LogP contribution in [0.5, 0.6) is 0 Å². The number of benzene rings is 2. The normalized spacial score (nSPS) is 14.8. The van der Waals surface area contributed by atoms with Crippen LogP contribution in [0.3, 0.4) is 0 Å². The van der Waals surface area contributed by atoms with Crippen molar-refractivity contribution < 1.29 is 19.3 Å². The maximum Gasteiger partial charge on any atom is 0.270 e. The molecule has 1 aliphatic heterocycles. The first-order chi connectivity index (χ1) is 15.3. The topological polar surface area (TPSA) is 122 Å². The zero-order chi connectivity index (χ0) is 23.1. The van der Waals surface area contributed by atoms with Crippen molar-refractivity contribution in [3.05, 3.63) is 92.9 Å². The number of thiocarbonyl (C=S) groups is 1. The highest BCUT2D eigenvalue weighted by molar-refractivity contribution is 8.26. The van der Waals surface area contributed by atoms with E-state index in [9.17, 15) is 24.5 Å². The molecular weight excluding hydrogens is 452 g/mol. The Bertz CT molecular complexity index is 1150. The van der Waals surface area contributed by atoms with E-state index in [2.05, 4.69) is 10.9 Å². The van der Waals surface area contributed by atoms with Gasteiger partial charge in [0.15, 0.2) is 0 Å². The van der Waals surface area contributed by atoms with Crippen molar-refractivity contribution in [1.29, 1.82) is 0 Å². The van der Waals surface area contributed by atoms with Gasteiger partial charge >= 0.3 is 0 Å². The summed E-state index contributed by atoms with van der Waals surface area (Å²) in [7, 11) is 0. The summed E-state index contributed by atoms with van der Waals surface area (Å²) in [6.07, 6.45) is 5.18. The summed E-state index contributed by atoms with van der Waals surface area (Å²) >= 11 is 6.25. The zero-order valence-electron chi connectivity index (χ0n) is 16.4. The van der Waals surface area contributed by atoms with Crippen LogP contribution in [-0.4, -0.2) is 38.4 Å². The Kier molecular flexibility index (Phi) is 7.47. The molecule has 0 aliphatic carbocycles. The van der Waals surface area contributed by atoms with Gasteiger partial charge in [-0.15, -0.1) is 0 Å². The van der Waals surface area contributed by atoms with E-state index >= 15 is 0 Å². The van der Waals surface area contributed by atoms with Crippen LogP contribution in [0, 0.1) is 10.1 Å². The Labute approximate surface area is 192 Å². The minimum Gasteiger partial charge on any atom is -0.283 e. The van der Waals surface area contributed by atoms with Gasteiger partial charge in [0.05, 0.1) is 9.83 Å². The number of hydrazine groups is 1. The predicted octanol–water partition coefficient (Wildman–Crippen LogP) is 2.81. The Balaban J connectivity index is 1.55. The Morgan fingerprint density at radius 1 is 1.12 bits per heavy atom. The van der Waals surface area contributed by atoms with Gasteiger partial charge in [0.1, 0.15) is 10.9 Å². The molecule has 0 radical (unpaired) electrons. The van der Waals surface area contributed by atoms with E-state index in [0.717, 1.165) is 28.3 Å². The number of thioether (sulfide) groups is 1. The lowest BCUT2D eigenvalue weighted by molar-refractivity contribution is -0.384. The molecule has 2 aromatic carbocycles. The van der Waals surface area contributed by atoms with E-state index in [1.807, 2.05) is 36.4 Å². The molecule has 1 saturated heterocycles. The van der Waals surface area contributed by atoms with Crippen molar-refractivity contribution in [2.24, 2.45) is 0 Å². The fourth-order valence-corrected chi connectivity index (χ4v) is 3.81. The molecule has 1 fully saturated rings. The summed E-state index contributed by atoms with van der Waals surface area (Å²) in [5.41, 5.74) is 5.04. The maximum absolute atomic E-state index is 12.5. The summed E-state index contributed by atoms with van der Waals surface area (Å²) in [6, 6.07) is 14.6. The van der Waals surface area contributed by atoms with Gasteiger partial charge in [-0.1, -0.05) is 72.5 Å². The molecule has 11 heteroatoms. The van der Waals surface area contributed by atoms with Crippen LogP contribution in [0.4, 0.5) is 5.69 Å². The van der Waals surface area contributed by atoms with Gasteiger partial charge in [-0.05, 0) is 17.7 Å². The number of nitrogens with one attached hydrogen (secondary N) is 2. The number of nitro groups is 1.